The van der Waals surface area contributed by atoms with E-state index in [0.717, 1.165) is 6.07 Å². The normalized spacial score (nSPS) is 9.90. The van der Waals surface area contributed by atoms with Gasteiger partial charge in [0, 0.05) is 6.54 Å². The van der Waals surface area contributed by atoms with Crippen LogP contribution >= 0.6 is 11.6 Å². The van der Waals surface area contributed by atoms with Crippen LogP contribution < -0.4 is 10.1 Å². The fourth-order valence-electron chi connectivity index (χ4n) is 1.41. The number of hydrogen-bond acceptors (Lipinski definition) is 6. The summed E-state index contributed by atoms with van der Waals surface area (Å²) < 4.78 is 18.7. The van der Waals surface area contributed by atoms with Gasteiger partial charge in [0.05, 0.1) is 0 Å². The zero-order valence-corrected chi connectivity index (χ0v) is 11.1. The molecule has 1 aromatic carbocycles. The number of rotatable bonds is 4. The number of nitriles is 1. The van der Waals surface area contributed by atoms with Crippen molar-refractivity contribution in [1.82, 2.24) is 15.0 Å². The third-order valence-electron chi connectivity index (χ3n) is 2.21. The van der Waals surface area contributed by atoms with Gasteiger partial charge in [-0.25, -0.2) is 4.39 Å². The van der Waals surface area contributed by atoms with Gasteiger partial charge in [-0.15, -0.1) is 0 Å². The molecule has 0 aliphatic rings. The van der Waals surface area contributed by atoms with E-state index >= 15 is 0 Å². The lowest BCUT2D eigenvalue weighted by Crippen LogP contribution is -2.05. The van der Waals surface area contributed by atoms with Crippen LogP contribution in [0.1, 0.15) is 12.5 Å². The molecule has 1 aromatic heterocycles. The maximum Gasteiger partial charge on any atom is 0.328 e. The Labute approximate surface area is 119 Å². The Balaban J connectivity index is 2.35. The van der Waals surface area contributed by atoms with E-state index in [1.54, 1.807) is 6.07 Å². The molecule has 102 valence electrons. The van der Waals surface area contributed by atoms with Crippen LogP contribution in [0.4, 0.5) is 10.3 Å². The minimum atomic E-state index is -0.683. The monoisotopic (exact) mass is 293 g/mol. The van der Waals surface area contributed by atoms with Crippen molar-refractivity contribution in [2.45, 2.75) is 6.92 Å². The molecule has 0 radical (unpaired) electrons. The second-order valence-corrected chi connectivity index (χ2v) is 3.91. The molecule has 0 aliphatic carbocycles. The SMILES string of the molecule is CCNc1nc(Cl)nc(Oc2cccc(F)c2C#N)n1. The number of anilines is 1. The molecule has 0 amide bonds. The Bertz CT molecular complexity index is 673. The topological polar surface area (TPSA) is 83.7 Å². The molecule has 0 atom stereocenters. The lowest BCUT2D eigenvalue weighted by Gasteiger charge is -2.07. The van der Waals surface area contributed by atoms with Crippen LogP contribution in [0.3, 0.4) is 0 Å². The summed E-state index contributed by atoms with van der Waals surface area (Å²) in [7, 11) is 0. The van der Waals surface area contributed by atoms with Crippen molar-refractivity contribution in [2.75, 3.05) is 11.9 Å². The van der Waals surface area contributed by atoms with E-state index in [2.05, 4.69) is 20.3 Å². The second kappa shape index (κ2) is 6.12. The van der Waals surface area contributed by atoms with Gasteiger partial charge in [-0.2, -0.15) is 20.2 Å². The lowest BCUT2D eigenvalue weighted by atomic mass is 10.2. The van der Waals surface area contributed by atoms with Crippen molar-refractivity contribution >= 4 is 17.5 Å². The predicted octanol–water partition coefficient (Wildman–Crippen LogP) is 2.76. The van der Waals surface area contributed by atoms with E-state index in [9.17, 15) is 4.39 Å². The standard InChI is InChI=1S/C12H9ClFN5O/c1-2-16-11-17-10(13)18-12(19-11)20-9-5-3-4-8(14)7(9)6-15/h3-5H,2H2,1H3,(H,16,17,18,19). The van der Waals surface area contributed by atoms with Crippen LogP contribution in [0.15, 0.2) is 18.2 Å². The van der Waals surface area contributed by atoms with Crippen LogP contribution in [0.25, 0.3) is 0 Å². The molecule has 0 unspecified atom stereocenters. The van der Waals surface area contributed by atoms with E-state index in [1.807, 2.05) is 6.92 Å². The molecule has 0 fully saturated rings. The third-order valence-corrected chi connectivity index (χ3v) is 2.38. The summed E-state index contributed by atoms with van der Waals surface area (Å²) in [4.78, 5) is 11.6. The average molecular weight is 294 g/mol. The van der Waals surface area contributed by atoms with Crippen LogP contribution in [0.5, 0.6) is 11.8 Å². The van der Waals surface area contributed by atoms with Gasteiger partial charge in [-0.1, -0.05) is 6.07 Å². The fourth-order valence-corrected chi connectivity index (χ4v) is 1.56. The molecule has 2 aromatic rings. The molecule has 0 spiro atoms. The first-order valence-electron chi connectivity index (χ1n) is 5.66. The second-order valence-electron chi connectivity index (χ2n) is 3.57. The highest BCUT2D eigenvalue weighted by Gasteiger charge is 2.12. The van der Waals surface area contributed by atoms with Gasteiger partial charge < -0.3 is 10.1 Å². The Kier molecular flexibility index (Phi) is 4.27. The fraction of sp³-hybridized carbons (Fsp3) is 0.167. The Morgan fingerprint density at radius 3 is 2.90 bits per heavy atom. The molecular formula is C12H9ClFN5O. The molecule has 8 heteroatoms. The molecule has 20 heavy (non-hydrogen) atoms. The van der Waals surface area contributed by atoms with E-state index < -0.39 is 5.82 Å². The highest BCUT2D eigenvalue weighted by atomic mass is 35.5. The minimum Gasteiger partial charge on any atom is -0.423 e. The molecule has 0 saturated carbocycles. The summed E-state index contributed by atoms with van der Waals surface area (Å²) in [6.45, 7) is 2.45. The summed E-state index contributed by atoms with van der Waals surface area (Å²) >= 11 is 5.74. The van der Waals surface area contributed by atoms with Crippen LogP contribution in [0.2, 0.25) is 5.28 Å². The quantitative estimate of drug-likeness (QED) is 0.933. The van der Waals surface area contributed by atoms with Gasteiger partial charge in [0.1, 0.15) is 17.4 Å². The lowest BCUT2D eigenvalue weighted by molar-refractivity contribution is 0.435. The maximum atomic E-state index is 13.4. The number of hydrogen-bond donors (Lipinski definition) is 1. The largest absolute Gasteiger partial charge is 0.423 e. The smallest absolute Gasteiger partial charge is 0.328 e. The number of aromatic nitrogens is 3. The van der Waals surface area contributed by atoms with Gasteiger partial charge in [-0.3, -0.25) is 0 Å². The number of ether oxygens (including phenoxy) is 1. The zero-order valence-electron chi connectivity index (χ0n) is 10.4. The molecule has 6 nitrogen and oxygen atoms in total. The van der Waals surface area contributed by atoms with Crippen LogP contribution in [-0.2, 0) is 0 Å². The van der Waals surface area contributed by atoms with Crippen molar-refractivity contribution in [3.8, 4) is 17.8 Å². The summed E-state index contributed by atoms with van der Waals surface area (Å²) in [6, 6.07) is 5.61. The van der Waals surface area contributed by atoms with Gasteiger partial charge in [0.15, 0.2) is 5.75 Å². The summed E-state index contributed by atoms with van der Waals surface area (Å²) in [6.07, 6.45) is 0. The molecule has 0 aliphatic heterocycles. The molecule has 1 N–H and O–H groups in total. The van der Waals surface area contributed by atoms with Crippen molar-refractivity contribution < 1.29 is 9.13 Å². The first-order chi connectivity index (χ1) is 9.63. The summed E-state index contributed by atoms with van der Waals surface area (Å²) in [5, 5.41) is 11.7. The van der Waals surface area contributed by atoms with Crippen molar-refractivity contribution in [1.29, 1.82) is 5.26 Å². The van der Waals surface area contributed by atoms with Gasteiger partial charge in [0.2, 0.25) is 11.2 Å². The number of halogens is 2. The van der Waals surface area contributed by atoms with E-state index in [-0.39, 0.29) is 28.6 Å². The predicted molar refractivity (Wildman–Crippen MR) is 70.2 cm³/mol. The highest BCUT2D eigenvalue weighted by molar-refractivity contribution is 6.28. The Hall–Kier alpha value is -2.46. The van der Waals surface area contributed by atoms with Crippen LogP contribution in [-0.4, -0.2) is 21.5 Å². The zero-order chi connectivity index (χ0) is 14.5. The van der Waals surface area contributed by atoms with Crippen molar-refractivity contribution in [3.63, 3.8) is 0 Å². The first-order valence-corrected chi connectivity index (χ1v) is 6.03. The van der Waals surface area contributed by atoms with E-state index in [4.69, 9.17) is 21.6 Å². The van der Waals surface area contributed by atoms with Crippen molar-refractivity contribution in [3.05, 3.63) is 34.9 Å². The number of nitrogens with one attached hydrogen (secondary N) is 1. The molecule has 0 bridgehead atoms. The Morgan fingerprint density at radius 1 is 1.40 bits per heavy atom. The summed E-state index contributed by atoms with van der Waals surface area (Å²) in [5.74, 6) is -0.438. The van der Waals surface area contributed by atoms with Crippen molar-refractivity contribution in [2.24, 2.45) is 0 Å². The summed E-state index contributed by atoms with van der Waals surface area (Å²) in [5.41, 5.74) is -0.228. The van der Waals surface area contributed by atoms with Gasteiger partial charge >= 0.3 is 6.01 Å². The van der Waals surface area contributed by atoms with E-state index in [1.165, 1.54) is 12.1 Å². The molecular weight excluding hydrogens is 285 g/mol. The van der Waals surface area contributed by atoms with Crippen LogP contribution in [0, 0.1) is 17.1 Å². The van der Waals surface area contributed by atoms with Gasteiger partial charge in [0.25, 0.3) is 0 Å². The molecule has 2 rings (SSSR count). The third kappa shape index (κ3) is 3.10. The Morgan fingerprint density at radius 2 is 2.20 bits per heavy atom. The first kappa shape index (κ1) is 14.0. The minimum absolute atomic E-state index is 0.0113. The highest BCUT2D eigenvalue weighted by Crippen LogP contribution is 2.25. The molecule has 0 saturated heterocycles. The molecule has 1 heterocycles. The maximum absolute atomic E-state index is 13.4. The average Bonchev–Trinajstić information content (AvgIpc) is 2.38. The van der Waals surface area contributed by atoms with Gasteiger partial charge in [-0.05, 0) is 30.7 Å². The number of benzene rings is 1. The van der Waals surface area contributed by atoms with E-state index in [0.29, 0.717) is 6.54 Å². The number of nitrogens with zero attached hydrogens (tertiary/aromatic N) is 4.